The van der Waals surface area contributed by atoms with Crippen molar-refractivity contribution in [3.63, 3.8) is 0 Å². The Labute approximate surface area is 206 Å². The molecule has 6 heteroatoms. The number of benzene rings is 2. The SMILES string of the molecule is CC1CN(c2nc(C(C)C)cc(-c3cccc(F)c3)c2C#N)C(C(=O)Cc2ccccc2)C(C)N1. The Balaban J connectivity index is 1.86. The summed E-state index contributed by atoms with van der Waals surface area (Å²) < 4.78 is 14.1. The first-order valence-corrected chi connectivity index (χ1v) is 12.1. The number of hydrogen-bond donors (Lipinski definition) is 1. The first-order chi connectivity index (χ1) is 16.8. The number of carbonyl (C=O) groups is 1. The van der Waals surface area contributed by atoms with E-state index in [1.54, 1.807) is 12.1 Å². The molecule has 1 aliphatic heterocycles. The van der Waals surface area contributed by atoms with E-state index >= 15 is 0 Å². The molecule has 180 valence electrons. The normalized spacial score (nSPS) is 20.0. The number of Topliss-reactive ketones (excluding diaryl/α,β-unsaturated/α-hetero) is 1. The van der Waals surface area contributed by atoms with Gasteiger partial charge in [0.1, 0.15) is 29.3 Å². The summed E-state index contributed by atoms with van der Waals surface area (Å²) >= 11 is 0. The number of nitrogens with zero attached hydrogens (tertiary/aromatic N) is 3. The fraction of sp³-hybridized carbons (Fsp3) is 0.345. The van der Waals surface area contributed by atoms with E-state index < -0.39 is 6.04 Å². The van der Waals surface area contributed by atoms with Gasteiger partial charge < -0.3 is 10.2 Å². The fourth-order valence-electron chi connectivity index (χ4n) is 4.89. The highest BCUT2D eigenvalue weighted by molar-refractivity contribution is 5.91. The van der Waals surface area contributed by atoms with E-state index in [4.69, 9.17) is 4.98 Å². The lowest BCUT2D eigenvalue weighted by Crippen LogP contribution is -2.64. The molecule has 35 heavy (non-hydrogen) atoms. The van der Waals surface area contributed by atoms with Crippen LogP contribution in [0.25, 0.3) is 11.1 Å². The van der Waals surface area contributed by atoms with Crippen molar-refractivity contribution >= 4 is 11.6 Å². The molecule has 0 aliphatic carbocycles. The molecule has 0 radical (unpaired) electrons. The molecular weight excluding hydrogens is 439 g/mol. The van der Waals surface area contributed by atoms with Crippen molar-refractivity contribution in [3.05, 3.63) is 83.3 Å². The topological polar surface area (TPSA) is 69.0 Å². The van der Waals surface area contributed by atoms with Crippen molar-refractivity contribution in [1.29, 1.82) is 5.26 Å². The Morgan fingerprint density at radius 3 is 2.57 bits per heavy atom. The molecule has 1 aliphatic rings. The fourth-order valence-corrected chi connectivity index (χ4v) is 4.89. The van der Waals surface area contributed by atoms with Gasteiger partial charge in [0.05, 0.1) is 0 Å². The molecule has 4 rings (SSSR count). The van der Waals surface area contributed by atoms with Gasteiger partial charge in [0, 0.05) is 36.3 Å². The molecule has 1 aromatic heterocycles. The van der Waals surface area contributed by atoms with Crippen LogP contribution in [0.2, 0.25) is 0 Å². The molecule has 1 N–H and O–H groups in total. The number of rotatable bonds is 6. The largest absolute Gasteiger partial charge is 0.342 e. The Bertz CT molecular complexity index is 1250. The molecule has 3 atom stereocenters. The number of pyridine rings is 1. The Morgan fingerprint density at radius 2 is 1.91 bits per heavy atom. The number of piperazine rings is 1. The number of carbonyl (C=O) groups excluding carboxylic acids is 1. The molecular formula is C29H31FN4O. The minimum Gasteiger partial charge on any atom is -0.342 e. The zero-order chi connectivity index (χ0) is 25.1. The predicted molar refractivity (Wildman–Crippen MR) is 137 cm³/mol. The van der Waals surface area contributed by atoms with Gasteiger partial charge >= 0.3 is 0 Å². The minimum absolute atomic E-state index is 0.0658. The number of hydrogen-bond acceptors (Lipinski definition) is 5. The summed E-state index contributed by atoms with van der Waals surface area (Å²) in [6.45, 7) is 8.67. The van der Waals surface area contributed by atoms with Gasteiger partial charge in [-0.05, 0) is 49.1 Å². The van der Waals surface area contributed by atoms with Crippen LogP contribution in [0.5, 0.6) is 0 Å². The summed E-state index contributed by atoms with van der Waals surface area (Å²) in [5.41, 5.74) is 3.36. The molecule has 3 aromatic rings. The van der Waals surface area contributed by atoms with Gasteiger partial charge in [0.2, 0.25) is 0 Å². The number of nitrogens with one attached hydrogen (secondary N) is 1. The van der Waals surface area contributed by atoms with Crippen molar-refractivity contribution in [1.82, 2.24) is 10.3 Å². The highest BCUT2D eigenvalue weighted by Gasteiger charge is 2.38. The van der Waals surface area contributed by atoms with E-state index in [0.717, 1.165) is 11.3 Å². The maximum Gasteiger partial charge on any atom is 0.161 e. The van der Waals surface area contributed by atoms with Crippen LogP contribution in [0.1, 0.15) is 50.4 Å². The Kier molecular flexibility index (Phi) is 7.28. The quantitative estimate of drug-likeness (QED) is 0.533. The number of nitriles is 1. The van der Waals surface area contributed by atoms with Crippen LogP contribution in [-0.2, 0) is 11.2 Å². The van der Waals surface area contributed by atoms with Gasteiger partial charge in [0.25, 0.3) is 0 Å². The highest BCUT2D eigenvalue weighted by atomic mass is 19.1. The third kappa shape index (κ3) is 5.26. The lowest BCUT2D eigenvalue weighted by molar-refractivity contribution is -0.120. The van der Waals surface area contributed by atoms with Crippen LogP contribution < -0.4 is 10.2 Å². The van der Waals surface area contributed by atoms with Crippen molar-refractivity contribution < 1.29 is 9.18 Å². The number of halogens is 1. The van der Waals surface area contributed by atoms with Crippen LogP contribution >= 0.6 is 0 Å². The molecule has 0 amide bonds. The molecule has 3 unspecified atom stereocenters. The van der Waals surface area contributed by atoms with Crippen molar-refractivity contribution in [3.8, 4) is 17.2 Å². The van der Waals surface area contributed by atoms with Gasteiger partial charge in [-0.25, -0.2) is 9.37 Å². The summed E-state index contributed by atoms with van der Waals surface area (Å²) in [6.07, 6.45) is 0.297. The summed E-state index contributed by atoms with van der Waals surface area (Å²) in [5, 5.41) is 13.8. The van der Waals surface area contributed by atoms with Crippen molar-refractivity contribution in [2.45, 2.75) is 58.2 Å². The molecule has 5 nitrogen and oxygen atoms in total. The average Bonchev–Trinajstić information content (AvgIpc) is 2.83. The summed E-state index contributed by atoms with van der Waals surface area (Å²) in [7, 11) is 0. The number of aromatic nitrogens is 1. The van der Waals surface area contributed by atoms with E-state index in [0.29, 0.717) is 35.5 Å². The summed E-state index contributed by atoms with van der Waals surface area (Å²) in [5.74, 6) is 0.279. The second-order valence-corrected chi connectivity index (χ2v) is 9.65. The second-order valence-electron chi connectivity index (χ2n) is 9.65. The molecule has 2 aromatic carbocycles. The second kappa shape index (κ2) is 10.4. The number of anilines is 1. The molecule has 0 bridgehead atoms. The molecule has 0 spiro atoms. The van der Waals surface area contributed by atoms with Gasteiger partial charge in [-0.2, -0.15) is 5.26 Å². The summed E-state index contributed by atoms with van der Waals surface area (Å²) in [6, 6.07) is 19.6. The first kappa shape index (κ1) is 24.6. The number of ketones is 1. The standard InChI is InChI=1S/C29H31FN4O/c1-18(2)26-15-24(22-11-8-12-23(30)14-22)25(16-31)29(33-26)34-17-19(3)32-20(4)28(34)27(35)13-21-9-6-5-7-10-21/h5-12,14-15,18-20,28,32H,13,17H2,1-4H3. The summed E-state index contributed by atoms with van der Waals surface area (Å²) in [4.78, 5) is 20.5. The first-order valence-electron chi connectivity index (χ1n) is 12.1. The molecule has 1 fully saturated rings. The van der Waals surface area contributed by atoms with E-state index in [1.807, 2.05) is 62.1 Å². The zero-order valence-electron chi connectivity index (χ0n) is 20.6. The third-order valence-corrected chi connectivity index (χ3v) is 6.51. The van der Waals surface area contributed by atoms with Crippen LogP contribution in [-0.4, -0.2) is 35.4 Å². The lowest BCUT2D eigenvalue weighted by atomic mass is 9.92. The molecule has 2 heterocycles. The predicted octanol–water partition coefficient (Wildman–Crippen LogP) is 5.25. The molecule has 0 saturated carbocycles. The van der Waals surface area contributed by atoms with E-state index in [9.17, 15) is 14.4 Å². The average molecular weight is 471 g/mol. The third-order valence-electron chi connectivity index (χ3n) is 6.51. The van der Waals surface area contributed by atoms with Gasteiger partial charge in [-0.1, -0.05) is 56.3 Å². The van der Waals surface area contributed by atoms with E-state index in [1.165, 1.54) is 12.1 Å². The maximum absolute atomic E-state index is 14.1. The van der Waals surface area contributed by atoms with Crippen molar-refractivity contribution in [2.24, 2.45) is 0 Å². The van der Waals surface area contributed by atoms with Crippen molar-refractivity contribution in [2.75, 3.05) is 11.4 Å². The zero-order valence-corrected chi connectivity index (χ0v) is 20.6. The molecule has 1 saturated heterocycles. The van der Waals surface area contributed by atoms with Crippen LogP contribution in [0.3, 0.4) is 0 Å². The Hall–Kier alpha value is -3.56. The smallest absolute Gasteiger partial charge is 0.161 e. The monoisotopic (exact) mass is 470 g/mol. The van der Waals surface area contributed by atoms with E-state index in [-0.39, 0.29) is 29.6 Å². The lowest BCUT2D eigenvalue weighted by Gasteiger charge is -2.44. The minimum atomic E-state index is -0.492. The van der Waals surface area contributed by atoms with Gasteiger partial charge in [-0.3, -0.25) is 4.79 Å². The van der Waals surface area contributed by atoms with Gasteiger partial charge in [-0.15, -0.1) is 0 Å². The van der Waals surface area contributed by atoms with Crippen LogP contribution in [0, 0.1) is 17.1 Å². The van der Waals surface area contributed by atoms with E-state index in [2.05, 4.69) is 18.3 Å². The maximum atomic E-state index is 14.1. The highest BCUT2D eigenvalue weighted by Crippen LogP contribution is 2.35. The Morgan fingerprint density at radius 1 is 1.17 bits per heavy atom. The van der Waals surface area contributed by atoms with Crippen LogP contribution in [0.4, 0.5) is 10.2 Å². The van der Waals surface area contributed by atoms with Gasteiger partial charge in [0.15, 0.2) is 5.78 Å². The van der Waals surface area contributed by atoms with Crippen LogP contribution in [0.15, 0.2) is 60.7 Å².